The summed E-state index contributed by atoms with van der Waals surface area (Å²) in [6.07, 6.45) is 5.67. The number of amides is 2. The predicted octanol–water partition coefficient (Wildman–Crippen LogP) is 2.70. The van der Waals surface area contributed by atoms with Gasteiger partial charge in [0.25, 0.3) is 0 Å². The lowest BCUT2D eigenvalue weighted by molar-refractivity contribution is -0.129. The predicted molar refractivity (Wildman–Crippen MR) is 97.3 cm³/mol. The number of thiazole rings is 1. The van der Waals surface area contributed by atoms with E-state index in [0.717, 1.165) is 35.2 Å². The van der Waals surface area contributed by atoms with Crippen molar-refractivity contribution < 1.29 is 9.59 Å². The number of hydrogen-bond donors (Lipinski definition) is 1. The van der Waals surface area contributed by atoms with Crippen LogP contribution in [0.1, 0.15) is 44.7 Å². The molecule has 3 rings (SSSR count). The fraction of sp³-hybridized carbons (Fsp3) is 0.706. The molecule has 2 heterocycles. The normalized spacial score (nSPS) is 21.6. The minimum absolute atomic E-state index is 0.000105. The number of carbonyl (C=O) groups excluding carboxylic acids is 2. The van der Waals surface area contributed by atoms with E-state index in [2.05, 4.69) is 22.1 Å². The summed E-state index contributed by atoms with van der Waals surface area (Å²) in [4.78, 5) is 30.8. The summed E-state index contributed by atoms with van der Waals surface area (Å²) in [5, 5.41) is 4.94. The van der Waals surface area contributed by atoms with E-state index in [1.54, 1.807) is 23.1 Å². The Hall–Kier alpha value is -1.08. The Kier molecular flexibility index (Phi) is 6.16. The Morgan fingerprint density at radius 3 is 3.00 bits per heavy atom. The zero-order chi connectivity index (χ0) is 16.9. The number of likely N-dealkylation sites (tertiary alicyclic amines) is 1. The molecule has 24 heavy (non-hydrogen) atoms. The van der Waals surface area contributed by atoms with Crippen LogP contribution in [-0.4, -0.2) is 46.6 Å². The molecule has 0 spiro atoms. The van der Waals surface area contributed by atoms with Crippen LogP contribution in [-0.2, 0) is 16.0 Å². The summed E-state index contributed by atoms with van der Waals surface area (Å²) in [6.45, 7) is 3.49. The van der Waals surface area contributed by atoms with Gasteiger partial charge in [-0.2, -0.15) is 0 Å². The van der Waals surface area contributed by atoms with E-state index in [4.69, 9.17) is 0 Å². The highest BCUT2D eigenvalue weighted by molar-refractivity contribution is 8.00. The van der Waals surface area contributed by atoms with Crippen LogP contribution in [0.25, 0.3) is 0 Å². The van der Waals surface area contributed by atoms with Gasteiger partial charge in [0.05, 0.1) is 12.1 Å². The van der Waals surface area contributed by atoms with Crippen LogP contribution in [0.5, 0.6) is 0 Å². The number of hydrogen-bond acceptors (Lipinski definition) is 5. The fourth-order valence-corrected chi connectivity index (χ4v) is 5.30. The first-order chi connectivity index (χ1) is 11.7. The lowest BCUT2D eigenvalue weighted by atomic mass is 10.1. The van der Waals surface area contributed by atoms with Gasteiger partial charge >= 0.3 is 0 Å². The van der Waals surface area contributed by atoms with Crippen LogP contribution in [0.4, 0.5) is 0 Å². The van der Waals surface area contributed by atoms with E-state index in [-0.39, 0.29) is 17.7 Å². The van der Waals surface area contributed by atoms with Gasteiger partial charge in [0, 0.05) is 36.9 Å². The van der Waals surface area contributed by atoms with Gasteiger partial charge in [-0.25, -0.2) is 4.98 Å². The van der Waals surface area contributed by atoms with Gasteiger partial charge in [0.2, 0.25) is 11.8 Å². The molecule has 7 heteroatoms. The van der Waals surface area contributed by atoms with Gasteiger partial charge in [-0.05, 0) is 18.6 Å². The molecule has 5 nitrogen and oxygen atoms in total. The topological polar surface area (TPSA) is 62.3 Å². The summed E-state index contributed by atoms with van der Waals surface area (Å²) in [6, 6.07) is 0.447. The molecule has 0 aromatic carbocycles. The van der Waals surface area contributed by atoms with Crippen molar-refractivity contribution in [2.45, 2.75) is 55.8 Å². The Morgan fingerprint density at radius 1 is 1.46 bits per heavy atom. The maximum Gasteiger partial charge on any atom is 0.226 e. The van der Waals surface area contributed by atoms with E-state index in [9.17, 15) is 9.59 Å². The number of nitrogens with zero attached hydrogens (tertiary/aromatic N) is 2. The molecule has 1 saturated carbocycles. The third-order valence-corrected chi connectivity index (χ3v) is 6.68. The van der Waals surface area contributed by atoms with Crippen molar-refractivity contribution >= 4 is 34.9 Å². The number of thioether (sulfide) groups is 1. The van der Waals surface area contributed by atoms with Gasteiger partial charge in [-0.15, -0.1) is 11.3 Å². The summed E-state index contributed by atoms with van der Waals surface area (Å²) in [7, 11) is 0. The molecule has 132 valence electrons. The fourth-order valence-electron chi connectivity index (χ4n) is 3.56. The highest BCUT2D eigenvalue weighted by Gasteiger charge is 2.35. The van der Waals surface area contributed by atoms with Crippen LogP contribution >= 0.6 is 23.1 Å². The standard InChI is InChI=1S/C17H25N3O2S2/c1-2-23-17-19-13(11-24-17)8-15(21)18-9-12-7-16(22)20(10-12)14-5-3-4-6-14/h11-12,14H,2-10H2,1H3,(H,18,21). The van der Waals surface area contributed by atoms with Crippen molar-refractivity contribution in [1.82, 2.24) is 15.2 Å². The summed E-state index contributed by atoms with van der Waals surface area (Å²) in [5.41, 5.74) is 0.837. The smallest absolute Gasteiger partial charge is 0.226 e. The highest BCUT2D eigenvalue weighted by Crippen LogP contribution is 2.29. The van der Waals surface area contributed by atoms with E-state index >= 15 is 0 Å². The molecule has 1 aliphatic carbocycles. The Labute approximate surface area is 151 Å². The number of aromatic nitrogens is 1. The molecule has 1 unspecified atom stereocenters. The molecule has 1 aromatic heterocycles. The molecule has 1 saturated heterocycles. The van der Waals surface area contributed by atoms with E-state index in [1.165, 1.54) is 12.8 Å². The molecule has 0 radical (unpaired) electrons. The molecule has 2 aliphatic rings. The quantitative estimate of drug-likeness (QED) is 0.753. The molecule has 1 atom stereocenters. The summed E-state index contributed by atoms with van der Waals surface area (Å²) < 4.78 is 1.02. The van der Waals surface area contributed by atoms with Crippen molar-refractivity contribution in [3.8, 4) is 0 Å². The van der Waals surface area contributed by atoms with E-state index in [0.29, 0.717) is 25.4 Å². The minimum Gasteiger partial charge on any atom is -0.355 e. The lowest BCUT2D eigenvalue weighted by Gasteiger charge is -2.24. The van der Waals surface area contributed by atoms with Gasteiger partial charge in [0.15, 0.2) is 0 Å². The average molecular weight is 368 g/mol. The first kappa shape index (κ1) is 17.7. The number of nitrogens with one attached hydrogen (secondary N) is 1. The average Bonchev–Trinajstić information content (AvgIpc) is 3.27. The lowest BCUT2D eigenvalue weighted by Crippen LogP contribution is -2.36. The molecule has 1 N–H and O–H groups in total. The van der Waals surface area contributed by atoms with Crippen molar-refractivity contribution in [3.05, 3.63) is 11.1 Å². The Bertz CT molecular complexity index is 584. The number of carbonyl (C=O) groups is 2. The largest absolute Gasteiger partial charge is 0.355 e. The van der Waals surface area contributed by atoms with E-state index in [1.807, 2.05) is 5.38 Å². The van der Waals surface area contributed by atoms with Crippen molar-refractivity contribution in [3.63, 3.8) is 0 Å². The van der Waals surface area contributed by atoms with Crippen LogP contribution in [0.15, 0.2) is 9.72 Å². The second-order valence-electron chi connectivity index (χ2n) is 6.57. The monoisotopic (exact) mass is 367 g/mol. The molecular formula is C17H25N3O2S2. The molecular weight excluding hydrogens is 342 g/mol. The van der Waals surface area contributed by atoms with Crippen LogP contribution in [0.2, 0.25) is 0 Å². The maximum absolute atomic E-state index is 12.2. The van der Waals surface area contributed by atoms with E-state index < -0.39 is 0 Å². The summed E-state index contributed by atoms with van der Waals surface area (Å²) in [5.74, 6) is 1.51. The van der Waals surface area contributed by atoms with Gasteiger partial charge in [-0.3, -0.25) is 9.59 Å². The van der Waals surface area contributed by atoms with Gasteiger partial charge < -0.3 is 10.2 Å². The SMILES string of the molecule is CCSc1nc(CC(=O)NCC2CC(=O)N(C3CCCC3)C2)cs1. The van der Waals surface area contributed by atoms with Crippen molar-refractivity contribution in [1.29, 1.82) is 0 Å². The van der Waals surface area contributed by atoms with Crippen LogP contribution in [0.3, 0.4) is 0 Å². The Balaban J connectivity index is 1.42. The number of rotatable bonds is 7. The highest BCUT2D eigenvalue weighted by atomic mass is 32.2. The second-order valence-corrected chi connectivity index (χ2v) is 8.94. The van der Waals surface area contributed by atoms with Crippen molar-refractivity contribution in [2.24, 2.45) is 5.92 Å². The van der Waals surface area contributed by atoms with Crippen LogP contribution < -0.4 is 5.32 Å². The van der Waals surface area contributed by atoms with Crippen molar-refractivity contribution in [2.75, 3.05) is 18.8 Å². The van der Waals surface area contributed by atoms with Gasteiger partial charge in [0.1, 0.15) is 4.34 Å². The van der Waals surface area contributed by atoms with Crippen LogP contribution in [0, 0.1) is 5.92 Å². The molecule has 0 bridgehead atoms. The second kappa shape index (κ2) is 8.34. The first-order valence-corrected chi connectivity index (χ1v) is 10.7. The first-order valence-electron chi connectivity index (χ1n) is 8.79. The zero-order valence-electron chi connectivity index (χ0n) is 14.1. The summed E-state index contributed by atoms with van der Waals surface area (Å²) >= 11 is 3.30. The third kappa shape index (κ3) is 4.51. The Morgan fingerprint density at radius 2 is 2.25 bits per heavy atom. The van der Waals surface area contributed by atoms with Gasteiger partial charge in [-0.1, -0.05) is 31.5 Å². The molecule has 2 fully saturated rings. The molecule has 2 amide bonds. The maximum atomic E-state index is 12.2. The molecule has 1 aromatic rings. The third-order valence-electron chi connectivity index (χ3n) is 4.73. The zero-order valence-corrected chi connectivity index (χ0v) is 15.8. The minimum atomic E-state index is 0.000105. The molecule has 1 aliphatic heterocycles.